The lowest BCUT2D eigenvalue weighted by Gasteiger charge is -2.18. The molecule has 2 amide bonds. The van der Waals surface area contributed by atoms with Crippen LogP contribution in [0.1, 0.15) is 19.8 Å². The van der Waals surface area contributed by atoms with Gasteiger partial charge in [0.2, 0.25) is 11.8 Å². The second-order valence-corrected chi connectivity index (χ2v) is 6.06. The van der Waals surface area contributed by atoms with Crippen molar-refractivity contribution in [3.63, 3.8) is 0 Å². The molecule has 130 valence electrons. The Morgan fingerprint density at radius 2 is 1.72 bits per heavy atom. The van der Waals surface area contributed by atoms with Gasteiger partial charge in [-0.15, -0.1) is 0 Å². The largest absolute Gasteiger partial charge is 0.374 e. The molecular weight excluding hydrogens is 321 g/mol. The number of nitrogens with zero attached hydrogens (tertiary/aromatic N) is 1. The summed E-state index contributed by atoms with van der Waals surface area (Å²) >= 11 is 0. The van der Waals surface area contributed by atoms with Gasteiger partial charge in [0.15, 0.2) is 0 Å². The van der Waals surface area contributed by atoms with E-state index in [0.29, 0.717) is 12.1 Å². The van der Waals surface area contributed by atoms with Crippen molar-refractivity contribution in [1.29, 1.82) is 0 Å². The molecule has 5 nitrogen and oxygen atoms in total. The molecule has 2 N–H and O–H groups in total. The summed E-state index contributed by atoms with van der Waals surface area (Å²) in [6.07, 6.45) is 1.49. The van der Waals surface area contributed by atoms with Crippen LogP contribution in [0, 0.1) is 5.82 Å². The summed E-state index contributed by atoms with van der Waals surface area (Å²) in [5.74, 6) is -0.418. The van der Waals surface area contributed by atoms with E-state index in [4.69, 9.17) is 0 Å². The van der Waals surface area contributed by atoms with Crippen LogP contribution >= 0.6 is 0 Å². The third-order valence-electron chi connectivity index (χ3n) is 4.14. The summed E-state index contributed by atoms with van der Waals surface area (Å²) in [5.41, 5.74) is 2.21. The average molecular weight is 341 g/mol. The Bertz CT molecular complexity index is 759. The highest BCUT2D eigenvalue weighted by Gasteiger charge is 2.21. The first-order valence-corrected chi connectivity index (χ1v) is 8.26. The van der Waals surface area contributed by atoms with Gasteiger partial charge in [-0.25, -0.2) is 4.39 Å². The fourth-order valence-electron chi connectivity index (χ4n) is 2.76. The van der Waals surface area contributed by atoms with Crippen molar-refractivity contribution in [2.24, 2.45) is 0 Å². The second-order valence-electron chi connectivity index (χ2n) is 6.06. The summed E-state index contributed by atoms with van der Waals surface area (Å²) in [6.45, 7) is 2.50. The van der Waals surface area contributed by atoms with Crippen LogP contribution in [0.3, 0.4) is 0 Å². The number of anilines is 3. The van der Waals surface area contributed by atoms with E-state index in [2.05, 4.69) is 10.6 Å². The van der Waals surface area contributed by atoms with E-state index in [-0.39, 0.29) is 17.6 Å². The van der Waals surface area contributed by atoms with Gasteiger partial charge in [-0.05, 0) is 61.9 Å². The monoisotopic (exact) mass is 341 g/mol. The summed E-state index contributed by atoms with van der Waals surface area (Å²) in [5, 5.41) is 5.84. The van der Waals surface area contributed by atoms with E-state index in [1.807, 2.05) is 24.3 Å². The molecular formula is C19H20FN3O2. The van der Waals surface area contributed by atoms with Gasteiger partial charge in [0.05, 0.1) is 0 Å². The van der Waals surface area contributed by atoms with E-state index in [1.54, 1.807) is 11.8 Å². The number of halogens is 1. The molecule has 1 saturated heterocycles. The lowest BCUT2D eigenvalue weighted by molar-refractivity contribution is -0.117. The van der Waals surface area contributed by atoms with E-state index in [1.165, 1.54) is 24.3 Å². The minimum atomic E-state index is -0.468. The maximum atomic E-state index is 12.9. The van der Waals surface area contributed by atoms with Crippen LogP contribution in [-0.4, -0.2) is 24.4 Å². The van der Waals surface area contributed by atoms with Crippen LogP contribution in [0.2, 0.25) is 0 Å². The number of nitrogens with one attached hydrogen (secondary N) is 2. The Hall–Kier alpha value is -2.89. The van der Waals surface area contributed by atoms with Gasteiger partial charge in [0.25, 0.3) is 0 Å². The Kier molecular flexibility index (Phi) is 4.97. The Labute approximate surface area is 145 Å². The predicted octanol–water partition coefficient (Wildman–Crippen LogP) is 3.39. The fraction of sp³-hybridized carbons (Fsp3) is 0.263. The first-order chi connectivity index (χ1) is 12.0. The molecule has 0 radical (unpaired) electrons. The number of amides is 2. The predicted molar refractivity (Wildman–Crippen MR) is 96.1 cm³/mol. The fourth-order valence-corrected chi connectivity index (χ4v) is 2.76. The molecule has 0 saturated carbocycles. The number of rotatable bonds is 5. The maximum Gasteiger partial charge on any atom is 0.246 e. The minimum Gasteiger partial charge on any atom is -0.374 e. The highest BCUT2D eigenvalue weighted by Crippen LogP contribution is 2.23. The molecule has 1 heterocycles. The van der Waals surface area contributed by atoms with Crippen LogP contribution in [0.25, 0.3) is 0 Å². The van der Waals surface area contributed by atoms with E-state index >= 15 is 0 Å². The topological polar surface area (TPSA) is 61.4 Å². The van der Waals surface area contributed by atoms with E-state index in [0.717, 1.165) is 24.3 Å². The zero-order valence-electron chi connectivity index (χ0n) is 14.0. The highest BCUT2D eigenvalue weighted by molar-refractivity contribution is 5.97. The first-order valence-electron chi connectivity index (χ1n) is 8.26. The SMILES string of the molecule is C[C@@H](Nc1ccc(N2CCCC2=O)cc1)C(=O)Nc1ccc(F)cc1. The number of hydrogen-bond donors (Lipinski definition) is 2. The molecule has 0 unspecified atom stereocenters. The smallest absolute Gasteiger partial charge is 0.246 e. The number of benzene rings is 2. The first kappa shape index (κ1) is 17.0. The van der Waals surface area contributed by atoms with Crippen molar-refractivity contribution in [3.05, 3.63) is 54.3 Å². The van der Waals surface area contributed by atoms with E-state index in [9.17, 15) is 14.0 Å². The third-order valence-corrected chi connectivity index (χ3v) is 4.14. The third kappa shape index (κ3) is 4.15. The minimum absolute atomic E-state index is 0.146. The van der Waals surface area contributed by atoms with Gasteiger partial charge in [-0.1, -0.05) is 0 Å². The van der Waals surface area contributed by atoms with Gasteiger partial charge in [0.1, 0.15) is 11.9 Å². The zero-order chi connectivity index (χ0) is 17.8. The maximum absolute atomic E-state index is 12.9. The number of carbonyl (C=O) groups excluding carboxylic acids is 2. The molecule has 6 heteroatoms. The van der Waals surface area contributed by atoms with Crippen molar-refractivity contribution in [2.75, 3.05) is 22.1 Å². The van der Waals surface area contributed by atoms with Crippen molar-refractivity contribution in [3.8, 4) is 0 Å². The Morgan fingerprint density at radius 3 is 2.32 bits per heavy atom. The van der Waals surface area contributed by atoms with Gasteiger partial charge >= 0.3 is 0 Å². The molecule has 0 aliphatic carbocycles. The standard InChI is InChI=1S/C19H20FN3O2/c1-13(19(25)22-16-6-4-14(20)5-7-16)21-15-8-10-17(11-9-15)23-12-2-3-18(23)24/h4-11,13,21H,2-3,12H2,1H3,(H,22,25)/t13-/m1/s1. The van der Waals surface area contributed by atoms with Crippen LogP contribution in [0.5, 0.6) is 0 Å². The summed E-state index contributed by atoms with van der Waals surface area (Å²) in [6, 6.07) is 12.6. The molecule has 1 aliphatic rings. The van der Waals surface area contributed by atoms with Gasteiger partial charge in [0, 0.05) is 30.0 Å². The van der Waals surface area contributed by atoms with Crippen molar-refractivity contribution in [2.45, 2.75) is 25.8 Å². The van der Waals surface area contributed by atoms with Crippen molar-refractivity contribution in [1.82, 2.24) is 0 Å². The van der Waals surface area contributed by atoms with E-state index < -0.39 is 6.04 Å². The molecule has 1 aliphatic heterocycles. The van der Waals surface area contributed by atoms with Crippen LogP contribution < -0.4 is 15.5 Å². The summed E-state index contributed by atoms with van der Waals surface area (Å²) in [4.78, 5) is 25.7. The highest BCUT2D eigenvalue weighted by atomic mass is 19.1. The van der Waals surface area contributed by atoms with Gasteiger partial charge < -0.3 is 15.5 Å². The second kappa shape index (κ2) is 7.34. The molecule has 0 bridgehead atoms. The Morgan fingerprint density at radius 1 is 1.08 bits per heavy atom. The molecule has 0 spiro atoms. The molecule has 3 rings (SSSR count). The van der Waals surface area contributed by atoms with Crippen molar-refractivity contribution < 1.29 is 14.0 Å². The lowest BCUT2D eigenvalue weighted by atomic mass is 10.2. The van der Waals surface area contributed by atoms with Crippen LogP contribution in [0.15, 0.2) is 48.5 Å². The molecule has 1 atom stereocenters. The Balaban J connectivity index is 1.58. The molecule has 2 aromatic rings. The van der Waals surface area contributed by atoms with Crippen LogP contribution in [-0.2, 0) is 9.59 Å². The number of hydrogen-bond acceptors (Lipinski definition) is 3. The van der Waals surface area contributed by atoms with Crippen molar-refractivity contribution >= 4 is 28.9 Å². The molecule has 1 fully saturated rings. The van der Waals surface area contributed by atoms with Crippen LogP contribution in [0.4, 0.5) is 21.5 Å². The average Bonchev–Trinajstić information content (AvgIpc) is 3.03. The molecule has 0 aromatic heterocycles. The van der Waals surface area contributed by atoms with Gasteiger partial charge in [-0.3, -0.25) is 9.59 Å². The molecule has 2 aromatic carbocycles. The zero-order valence-corrected chi connectivity index (χ0v) is 14.0. The number of carbonyl (C=O) groups is 2. The quantitative estimate of drug-likeness (QED) is 0.876. The lowest BCUT2D eigenvalue weighted by Crippen LogP contribution is -2.31. The molecule has 25 heavy (non-hydrogen) atoms. The normalized spacial score (nSPS) is 15.1. The summed E-state index contributed by atoms with van der Waals surface area (Å²) in [7, 11) is 0. The van der Waals surface area contributed by atoms with Gasteiger partial charge in [-0.2, -0.15) is 0 Å². The summed E-state index contributed by atoms with van der Waals surface area (Å²) < 4.78 is 12.9.